The molecule has 0 aliphatic heterocycles. The van der Waals surface area contributed by atoms with Crippen LogP contribution in [0.15, 0.2) is 18.2 Å². The van der Waals surface area contributed by atoms with Crippen LogP contribution in [0.5, 0.6) is 0 Å². The van der Waals surface area contributed by atoms with Crippen LogP contribution in [0.2, 0.25) is 0 Å². The van der Waals surface area contributed by atoms with Gasteiger partial charge < -0.3 is 5.32 Å². The lowest BCUT2D eigenvalue weighted by atomic mass is 10.1. The maximum atomic E-state index is 10.8. The summed E-state index contributed by atoms with van der Waals surface area (Å²) in [6.45, 7) is 6.12. The van der Waals surface area contributed by atoms with E-state index < -0.39 is 0 Å². The van der Waals surface area contributed by atoms with Crippen molar-refractivity contribution in [1.82, 2.24) is 0 Å². The van der Waals surface area contributed by atoms with Crippen molar-refractivity contribution >= 4 is 23.1 Å². The molecule has 0 aliphatic rings. The van der Waals surface area contributed by atoms with E-state index in [0.717, 1.165) is 29.2 Å². The van der Waals surface area contributed by atoms with Gasteiger partial charge in [-0.2, -0.15) is 11.8 Å². The molecule has 1 N–H and O–H groups in total. The first-order valence-corrected chi connectivity index (χ1v) is 7.28. The molecule has 0 amide bonds. The summed E-state index contributed by atoms with van der Waals surface area (Å²) in [5, 5.41) is 14.1. The summed E-state index contributed by atoms with van der Waals surface area (Å²) in [7, 11) is 0. The summed E-state index contributed by atoms with van der Waals surface area (Å²) in [6.07, 6.45) is 1.06. The fraction of sp³-hybridized carbons (Fsp3) is 0.538. The van der Waals surface area contributed by atoms with E-state index in [2.05, 4.69) is 19.2 Å². The highest BCUT2D eigenvalue weighted by Crippen LogP contribution is 2.21. The van der Waals surface area contributed by atoms with Gasteiger partial charge in [0.15, 0.2) is 0 Å². The van der Waals surface area contributed by atoms with E-state index in [9.17, 15) is 10.1 Å². The molecular weight excluding hydrogens is 248 g/mol. The van der Waals surface area contributed by atoms with E-state index in [-0.39, 0.29) is 10.6 Å². The molecule has 1 rings (SSSR count). The first-order chi connectivity index (χ1) is 8.52. The average Bonchev–Trinajstić information content (AvgIpc) is 2.28. The number of hydrogen-bond donors (Lipinski definition) is 1. The van der Waals surface area contributed by atoms with Gasteiger partial charge in [-0.3, -0.25) is 10.1 Å². The topological polar surface area (TPSA) is 55.2 Å². The molecule has 4 nitrogen and oxygen atoms in total. The molecule has 1 atom stereocenters. The molecule has 0 heterocycles. The van der Waals surface area contributed by atoms with Crippen molar-refractivity contribution in [3.8, 4) is 0 Å². The smallest absolute Gasteiger partial charge is 0.271 e. The first-order valence-electron chi connectivity index (χ1n) is 6.13. The van der Waals surface area contributed by atoms with Crippen LogP contribution in [0.3, 0.4) is 0 Å². The van der Waals surface area contributed by atoms with Gasteiger partial charge in [0.05, 0.1) is 4.92 Å². The summed E-state index contributed by atoms with van der Waals surface area (Å²) >= 11 is 1.91. The fourth-order valence-electron chi connectivity index (χ4n) is 1.71. The van der Waals surface area contributed by atoms with Crippen LogP contribution in [0.25, 0.3) is 0 Å². The van der Waals surface area contributed by atoms with Gasteiger partial charge in [-0.15, -0.1) is 0 Å². The van der Waals surface area contributed by atoms with Crippen molar-refractivity contribution in [2.75, 3.05) is 16.8 Å². The first kappa shape index (κ1) is 14.8. The maximum absolute atomic E-state index is 10.8. The van der Waals surface area contributed by atoms with Gasteiger partial charge in [-0.05, 0) is 43.4 Å². The van der Waals surface area contributed by atoms with Crippen molar-refractivity contribution in [1.29, 1.82) is 0 Å². The van der Waals surface area contributed by atoms with Crippen molar-refractivity contribution in [3.05, 3.63) is 33.9 Å². The normalized spacial score (nSPS) is 12.2. The molecule has 1 aromatic carbocycles. The predicted molar refractivity (Wildman–Crippen MR) is 78.5 cm³/mol. The van der Waals surface area contributed by atoms with E-state index in [1.807, 2.05) is 24.8 Å². The lowest BCUT2D eigenvalue weighted by Gasteiger charge is -2.15. The molecule has 5 heteroatoms. The summed E-state index contributed by atoms with van der Waals surface area (Å²) in [5.41, 5.74) is 1.88. The molecule has 18 heavy (non-hydrogen) atoms. The largest absolute Gasteiger partial charge is 0.382 e. The molecule has 0 fully saturated rings. The Bertz CT molecular complexity index is 410. The lowest BCUT2D eigenvalue weighted by molar-refractivity contribution is -0.384. The second-order valence-corrected chi connectivity index (χ2v) is 5.74. The minimum atomic E-state index is -0.351. The number of nitro groups is 1. The van der Waals surface area contributed by atoms with Gasteiger partial charge in [-0.25, -0.2) is 0 Å². The maximum Gasteiger partial charge on any atom is 0.271 e. The van der Waals surface area contributed by atoms with Gasteiger partial charge in [0.1, 0.15) is 0 Å². The molecule has 0 saturated heterocycles. The van der Waals surface area contributed by atoms with Crippen LogP contribution in [0.1, 0.15) is 25.8 Å². The summed E-state index contributed by atoms with van der Waals surface area (Å²) in [4.78, 5) is 10.4. The van der Waals surface area contributed by atoms with Gasteiger partial charge >= 0.3 is 0 Å². The van der Waals surface area contributed by atoms with E-state index in [0.29, 0.717) is 6.04 Å². The van der Waals surface area contributed by atoms with Crippen molar-refractivity contribution in [3.63, 3.8) is 0 Å². The molecule has 0 aliphatic carbocycles. The monoisotopic (exact) mass is 268 g/mol. The Morgan fingerprint density at radius 3 is 2.78 bits per heavy atom. The number of anilines is 1. The zero-order valence-corrected chi connectivity index (χ0v) is 11.9. The molecule has 0 aromatic heterocycles. The average molecular weight is 268 g/mol. The summed E-state index contributed by atoms with van der Waals surface area (Å²) in [5.74, 6) is 2.24. The fourth-order valence-corrected chi connectivity index (χ4v) is 2.52. The molecule has 0 spiro atoms. The second-order valence-electron chi connectivity index (χ2n) is 4.35. The minimum absolute atomic E-state index is 0.146. The molecule has 1 unspecified atom stereocenters. The van der Waals surface area contributed by atoms with Gasteiger partial charge in [-0.1, -0.05) is 6.92 Å². The molecular formula is C13H20N2O2S. The number of non-ortho nitro benzene ring substituents is 1. The second kappa shape index (κ2) is 7.26. The third-order valence-electron chi connectivity index (χ3n) is 2.59. The summed E-state index contributed by atoms with van der Waals surface area (Å²) < 4.78 is 0. The van der Waals surface area contributed by atoms with Crippen LogP contribution in [-0.2, 0) is 0 Å². The number of thioether (sulfide) groups is 1. The quantitative estimate of drug-likeness (QED) is 0.463. The number of nitrogens with one attached hydrogen (secondary N) is 1. The minimum Gasteiger partial charge on any atom is -0.382 e. The number of benzene rings is 1. The van der Waals surface area contributed by atoms with Gasteiger partial charge in [0, 0.05) is 23.9 Å². The van der Waals surface area contributed by atoms with Crippen molar-refractivity contribution < 1.29 is 4.92 Å². The SMILES string of the molecule is CCSCCC(C)Nc1cc(C)cc([N+](=O)[O-])c1. The van der Waals surface area contributed by atoms with Crippen LogP contribution < -0.4 is 5.32 Å². The summed E-state index contributed by atoms with van der Waals surface area (Å²) in [6, 6.07) is 5.45. The zero-order valence-electron chi connectivity index (χ0n) is 11.1. The number of aryl methyl sites for hydroxylation is 1. The number of nitrogens with zero attached hydrogens (tertiary/aromatic N) is 1. The Kier molecular flexibility index (Phi) is 5.98. The standard InChI is InChI=1S/C13H20N2O2S/c1-4-18-6-5-11(3)14-12-7-10(2)8-13(9-12)15(16)17/h7-9,11,14H,4-6H2,1-3H3. The molecule has 100 valence electrons. The number of nitro benzene ring substituents is 1. The van der Waals surface area contributed by atoms with Crippen LogP contribution in [0, 0.1) is 17.0 Å². The van der Waals surface area contributed by atoms with Crippen molar-refractivity contribution in [2.24, 2.45) is 0 Å². The van der Waals surface area contributed by atoms with Crippen LogP contribution in [-0.4, -0.2) is 22.5 Å². The number of rotatable bonds is 7. The van der Waals surface area contributed by atoms with Gasteiger partial charge in [0.25, 0.3) is 5.69 Å². The third-order valence-corrected chi connectivity index (χ3v) is 3.52. The predicted octanol–water partition coefficient (Wildman–Crippen LogP) is 3.85. The molecule has 1 aromatic rings. The third kappa shape index (κ3) is 4.96. The molecule has 0 saturated carbocycles. The van der Waals surface area contributed by atoms with Crippen LogP contribution in [0.4, 0.5) is 11.4 Å². The number of hydrogen-bond acceptors (Lipinski definition) is 4. The Morgan fingerprint density at radius 2 is 2.17 bits per heavy atom. The Morgan fingerprint density at radius 1 is 1.44 bits per heavy atom. The van der Waals surface area contributed by atoms with Crippen molar-refractivity contribution in [2.45, 2.75) is 33.2 Å². The highest BCUT2D eigenvalue weighted by molar-refractivity contribution is 7.99. The zero-order chi connectivity index (χ0) is 13.5. The van der Waals surface area contributed by atoms with E-state index in [1.54, 1.807) is 12.1 Å². The Balaban J connectivity index is 2.63. The van der Waals surface area contributed by atoms with E-state index in [1.165, 1.54) is 0 Å². The molecule has 0 bridgehead atoms. The Hall–Kier alpha value is -1.23. The van der Waals surface area contributed by atoms with E-state index >= 15 is 0 Å². The van der Waals surface area contributed by atoms with Gasteiger partial charge in [0.2, 0.25) is 0 Å². The highest BCUT2D eigenvalue weighted by Gasteiger charge is 2.09. The van der Waals surface area contributed by atoms with Crippen LogP contribution >= 0.6 is 11.8 Å². The molecule has 0 radical (unpaired) electrons. The van der Waals surface area contributed by atoms with E-state index in [4.69, 9.17) is 0 Å². The highest BCUT2D eigenvalue weighted by atomic mass is 32.2. The lowest BCUT2D eigenvalue weighted by Crippen LogP contribution is -2.16. The Labute approximate surface area is 112 Å².